The van der Waals surface area contributed by atoms with Gasteiger partial charge in [0.05, 0.1) is 25.5 Å². The Bertz CT molecular complexity index is 1450. The van der Waals surface area contributed by atoms with Crippen LogP contribution in [-0.4, -0.2) is 41.7 Å². The predicted molar refractivity (Wildman–Crippen MR) is 141 cm³/mol. The van der Waals surface area contributed by atoms with Gasteiger partial charge in [-0.25, -0.2) is 9.69 Å². The molecule has 2 amide bonds. The average Bonchev–Trinajstić information content (AvgIpc) is 3.14. The normalized spacial score (nSPS) is 14.8. The highest BCUT2D eigenvalue weighted by atomic mass is 32.1. The fourth-order valence-corrected chi connectivity index (χ4v) is 4.52. The van der Waals surface area contributed by atoms with Crippen LogP contribution in [0.15, 0.2) is 54.1 Å². The first-order chi connectivity index (χ1) is 17.2. The molecule has 1 aromatic heterocycles. The molecule has 1 aliphatic rings. The van der Waals surface area contributed by atoms with Crippen molar-refractivity contribution in [3.63, 3.8) is 0 Å². The number of aromatic nitrogens is 1. The molecular weight excluding hydrogens is 478 g/mol. The number of thiocarbonyl (C=S) groups is 1. The number of nitrogens with zero attached hydrogens (tertiary/aromatic N) is 2. The van der Waals surface area contributed by atoms with E-state index in [2.05, 4.69) is 5.32 Å². The Morgan fingerprint density at radius 3 is 2.42 bits per heavy atom. The van der Waals surface area contributed by atoms with E-state index >= 15 is 0 Å². The summed E-state index contributed by atoms with van der Waals surface area (Å²) in [5.41, 5.74) is 4.89. The van der Waals surface area contributed by atoms with Gasteiger partial charge in [0.1, 0.15) is 11.3 Å². The van der Waals surface area contributed by atoms with Crippen molar-refractivity contribution in [2.24, 2.45) is 0 Å². The Kier molecular flexibility index (Phi) is 6.76. The first kappa shape index (κ1) is 24.9. The highest BCUT2D eigenvalue weighted by Crippen LogP contribution is 2.32. The summed E-state index contributed by atoms with van der Waals surface area (Å²) in [5.74, 6) is -1.12. The molecule has 0 saturated carbocycles. The zero-order valence-electron chi connectivity index (χ0n) is 20.5. The van der Waals surface area contributed by atoms with Crippen molar-refractivity contribution in [3.05, 3.63) is 82.2 Å². The average molecular weight is 504 g/mol. The summed E-state index contributed by atoms with van der Waals surface area (Å²) in [5, 5.41) is 2.58. The summed E-state index contributed by atoms with van der Waals surface area (Å²) in [6.45, 7) is 5.74. The molecule has 2 heterocycles. The second-order valence-corrected chi connectivity index (χ2v) is 8.67. The lowest BCUT2D eigenvalue weighted by atomic mass is 10.1. The van der Waals surface area contributed by atoms with Crippen molar-refractivity contribution in [1.82, 2.24) is 9.88 Å². The summed E-state index contributed by atoms with van der Waals surface area (Å²) in [4.78, 5) is 39.7. The lowest BCUT2D eigenvalue weighted by Gasteiger charge is -2.29. The zero-order valence-corrected chi connectivity index (χ0v) is 21.4. The van der Waals surface area contributed by atoms with Gasteiger partial charge in [0, 0.05) is 17.1 Å². The first-order valence-electron chi connectivity index (χ1n) is 11.1. The van der Waals surface area contributed by atoms with E-state index in [4.69, 9.17) is 21.7 Å². The van der Waals surface area contributed by atoms with Gasteiger partial charge >= 0.3 is 5.97 Å². The smallest absolute Gasteiger partial charge is 0.337 e. The lowest BCUT2D eigenvalue weighted by molar-refractivity contribution is -0.122. The number of hydrogen-bond acceptors (Lipinski definition) is 6. The summed E-state index contributed by atoms with van der Waals surface area (Å²) in [6.07, 6.45) is 1.56. The molecule has 2 aromatic carbocycles. The van der Waals surface area contributed by atoms with Crippen molar-refractivity contribution in [3.8, 4) is 11.4 Å². The molecule has 0 unspecified atom stereocenters. The van der Waals surface area contributed by atoms with E-state index in [1.165, 1.54) is 19.1 Å². The number of carbonyl (C=O) groups excluding carboxylic acids is 3. The van der Waals surface area contributed by atoms with Crippen LogP contribution in [0.4, 0.5) is 5.69 Å². The number of hydrogen-bond donors (Lipinski definition) is 1. The van der Waals surface area contributed by atoms with Gasteiger partial charge in [-0.1, -0.05) is 18.2 Å². The predicted octanol–water partition coefficient (Wildman–Crippen LogP) is 4.03. The Morgan fingerprint density at radius 1 is 1.00 bits per heavy atom. The Morgan fingerprint density at radius 2 is 1.72 bits per heavy atom. The molecule has 1 saturated heterocycles. The van der Waals surface area contributed by atoms with E-state index in [0.717, 1.165) is 22.6 Å². The van der Waals surface area contributed by atoms with E-state index in [1.807, 2.05) is 37.5 Å². The van der Waals surface area contributed by atoms with Crippen LogP contribution >= 0.6 is 12.2 Å². The Hall–Kier alpha value is -4.24. The quantitative estimate of drug-likeness (QED) is 0.245. The van der Waals surface area contributed by atoms with Crippen LogP contribution in [0.5, 0.6) is 5.75 Å². The van der Waals surface area contributed by atoms with Gasteiger partial charge in [-0.3, -0.25) is 14.9 Å². The second-order valence-electron chi connectivity index (χ2n) is 8.28. The lowest BCUT2D eigenvalue weighted by Crippen LogP contribution is -2.54. The number of benzene rings is 2. The van der Waals surface area contributed by atoms with Crippen LogP contribution in [0.1, 0.15) is 32.9 Å². The number of para-hydroxylation sites is 2. The van der Waals surface area contributed by atoms with E-state index in [9.17, 15) is 14.4 Å². The highest BCUT2D eigenvalue weighted by molar-refractivity contribution is 7.80. The number of carbonyl (C=O) groups is 3. The maximum atomic E-state index is 13.5. The summed E-state index contributed by atoms with van der Waals surface area (Å²) < 4.78 is 12.2. The highest BCUT2D eigenvalue weighted by Gasteiger charge is 2.36. The minimum Gasteiger partial charge on any atom is -0.495 e. The zero-order chi connectivity index (χ0) is 26.1. The third kappa shape index (κ3) is 4.29. The summed E-state index contributed by atoms with van der Waals surface area (Å²) in [7, 11) is 2.84. The number of nitrogens with one attached hydrogen (secondary N) is 1. The molecule has 3 aromatic rings. The second kappa shape index (κ2) is 9.79. The fraction of sp³-hybridized carbons (Fsp3) is 0.185. The third-order valence-corrected chi connectivity index (χ3v) is 6.35. The molecule has 0 atom stereocenters. The maximum Gasteiger partial charge on any atom is 0.337 e. The van der Waals surface area contributed by atoms with Crippen LogP contribution < -0.4 is 15.0 Å². The third-order valence-electron chi connectivity index (χ3n) is 6.07. The molecular formula is C27H25N3O5S. The number of ether oxygens (including phenoxy) is 2. The van der Waals surface area contributed by atoms with Gasteiger partial charge in [0.15, 0.2) is 5.11 Å². The van der Waals surface area contributed by atoms with Crippen molar-refractivity contribution in [2.75, 3.05) is 19.1 Å². The molecule has 0 bridgehead atoms. The molecule has 1 N–H and O–H groups in total. The molecule has 1 aliphatic heterocycles. The Labute approximate surface area is 214 Å². The van der Waals surface area contributed by atoms with Gasteiger partial charge in [0.2, 0.25) is 0 Å². The number of amides is 2. The molecule has 1 fully saturated rings. The van der Waals surface area contributed by atoms with Crippen molar-refractivity contribution < 1.29 is 23.9 Å². The van der Waals surface area contributed by atoms with Crippen molar-refractivity contribution >= 4 is 46.9 Å². The first-order valence-corrected chi connectivity index (χ1v) is 11.5. The SMILES string of the molecule is COC(=O)c1ccc(C)c(-n2c(C)cc(/C=C3\C(=O)NC(=S)N(c4ccccc4OC)C3=O)c2C)c1. The van der Waals surface area contributed by atoms with Crippen LogP contribution in [0, 0.1) is 20.8 Å². The van der Waals surface area contributed by atoms with Gasteiger partial charge in [-0.05, 0) is 80.5 Å². The maximum absolute atomic E-state index is 13.5. The van der Waals surface area contributed by atoms with Gasteiger partial charge in [-0.2, -0.15) is 0 Å². The molecule has 0 spiro atoms. The number of rotatable bonds is 5. The van der Waals surface area contributed by atoms with E-state index < -0.39 is 17.8 Å². The number of esters is 1. The minimum absolute atomic E-state index is 0.0210. The fourth-order valence-electron chi connectivity index (χ4n) is 4.25. The van der Waals surface area contributed by atoms with Crippen LogP contribution in [-0.2, 0) is 14.3 Å². The molecule has 0 aliphatic carbocycles. The monoisotopic (exact) mass is 503 g/mol. The van der Waals surface area contributed by atoms with Gasteiger partial charge in [-0.15, -0.1) is 0 Å². The van der Waals surface area contributed by atoms with E-state index in [0.29, 0.717) is 22.6 Å². The van der Waals surface area contributed by atoms with E-state index in [-0.39, 0.29) is 10.7 Å². The molecule has 36 heavy (non-hydrogen) atoms. The number of methoxy groups -OCH3 is 2. The molecule has 0 radical (unpaired) electrons. The summed E-state index contributed by atoms with van der Waals surface area (Å²) >= 11 is 5.31. The largest absolute Gasteiger partial charge is 0.495 e. The topological polar surface area (TPSA) is 89.9 Å². The Balaban J connectivity index is 1.80. The molecule has 184 valence electrons. The van der Waals surface area contributed by atoms with Crippen molar-refractivity contribution in [1.29, 1.82) is 0 Å². The minimum atomic E-state index is -0.579. The van der Waals surface area contributed by atoms with Crippen LogP contribution in [0.3, 0.4) is 0 Å². The number of anilines is 1. The standard InChI is InChI=1S/C27H25N3O5S/c1-15-10-11-18(26(33)35-5)14-22(15)29-16(2)12-19(17(29)3)13-20-24(31)28-27(36)30(25(20)32)21-8-6-7-9-23(21)34-4/h6-14H,1-5H3,(H,28,31,36)/b20-13+. The summed E-state index contributed by atoms with van der Waals surface area (Å²) in [6, 6.07) is 14.1. The molecule has 8 nitrogen and oxygen atoms in total. The van der Waals surface area contributed by atoms with E-state index in [1.54, 1.807) is 42.5 Å². The van der Waals surface area contributed by atoms with Crippen LogP contribution in [0.25, 0.3) is 11.8 Å². The van der Waals surface area contributed by atoms with Gasteiger partial charge < -0.3 is 14.0 Å². The van der Waals surface area contributed by atoms with Crippen LogP contribution in [0.2, 0.25) is 0 Å². The molecule has 9 heteroatoms. The van der Waals surface area contributed by atoms with Gasteiger partial charge in [0.25, 0.3) is 11.8 Å². The number of aryl methyl sites for hydroxylation is 2. The molecule has 4 rings (SSSR count). The van der Waals surface area contributed by atoms with Crippen molar-refractivity contribution in [2.45, 2.75) is 20.8 Å².